The molecule has 12 rings (SSSR count). The molecule has 2 saturated carbocycles. The zero-order valence-electron chi connectivity index (χ0n) is 79.2. The van der Waals surface area contributed by atoms with Crippen LogP contribution in [0.2, 0.25) is 10.0 Å². The van der Waals surface area contributed by atoms with E-state index in [-0.39, 0.29) is 109 Å². The van der Waals surface area contributed by atoms with Crippen molar-refractivity contribution in [3.8, 4) is 50.3 Å². The number of aliphatic hydroxyl groups is 1. The van der Waals surface area contributed by atoms with Gasteiger partial charge < -0.3 is 75.8 Å². The van der Waals surface area contributed by atoms with Crippen LogP contribution in [0.15, 0.2) is 144 Å². The molecule has 710 valence electrons. The molecule has 0 bridgehead atoms. The number of amides is 8. The zero-order chi connectivity index (χ0) is 96.7. The number of aromatic nitrogens is 2. The smallest absolute Gasteiger partial charge is 0.251 e. The van der Waals surface area contributed by atoms with Gasteiger partial charge in [-0.3, -0.25) is 38.4 Å². The van der Waals surface area contributed by atoms with E-state index >= 15 is 0 Å². The Morgan fingerprint density at radius 2 is 0.925 bits per heavy atom. The highest BCUT2D eigenvalue weighted by molar-refractivity contribution is 7.13. The lowest BCUT2D eigenvalue weighted by Crippen LogP contribution is -2.74. The van der Waals surface area contributed by atoms with Gasteiger partial charge in [-0.25, -0.2) is 9.97 Å². The number of anilines is 1. The van der Waals surface area contributed by atoms with E-state index in [1.165, 1.54) is 4.90 Å². The fraction of sp³-hybridized carbons (Fsp3) is 0.490. The molecule has 2 saturated heterocycles. The molecule has 133 heavy (non-hydrogen) atoms. The van der Waals surface area contributed by atoms with E-state index < -0.39 is 63.7 Å². The van der Waals surface area contributed by atoms with Crippen LogP contribution in [0.5, 0.6) is 17.2 Å². The number of hydrogen-bond acceptors (Lipinski definition) is 21. The Hall–Kier alpha value is -11.0. The van der Waals surface area contributed by atoms with Gasteiger partial charge in [-0.2, -0.15) is 10.5 Å². The number of nitrogens with one attached hydrogen (secondary N) is 7. The van der Waals surface area contributed by atoms with Crippen molar-refractivity contribution in [2.24, 2.45) is 38.4 Å². The molecule has 4 aliphatic rings. The van der Waals surface area contributed by atoms with Gasteiger partial charge in [0.2, 0.25) is 35.4 Å². The third kappa shape index (κ3) is 25.7. The number of likely N-dealkylation sites (tertiary alicyclic amines) is 2. The molecular weight excluding hydrogens is 1770 g/mol. The minimum Gasteiger partial charge on any atom is -0.494 e. The highest BCUT2D eigenvalue weighted by Crippen LogP contribution is 2.57. The lowest BCUT2D eigenvalue weighted by molar-refractivity contribution is -0.164. The molecule has 6 atom stereocenters. The summed E-state index contributed by atoms with van der Waals surface area (Å²) >= 11 is 15.6. The monoisotopic (exact) mass is 1890 g/mol. The Morgan fingerprint density at radius 3 is 1.33 bits per heavy atom. The number of aliphatic hydroxyl groups excluding tert-OH is 1. The first kappa shape index (κ1) is 102. The van der Waals surface area contributed by atoms with E-state index in [1.807, 2.05) is 146 Å². The maximum atomic E-state index is 14.1. The highest BCUT2D eigenvalue weighted by Gasteiger charge is 2.65. The van der Waals surface area contributed by atoms with Gasteiger partial charge in [-0.05, 0) is 164 Å². The van der Waals surface area contributed by atoms with Crippen LogP contribution in [0.1, 0.15) is 203 Å². The predicted octanol–water partition coefficient (Wildman–Crippen LogP) is 16.2. The van der Waals surface area contributed by atoms with E-state index in [1.54, 1.807) is 88.2 Å². The number of unbranched alkanes of at least 4 members (excludes halogenated alkanes) is 3. The van der Waals surface area contributed by atoms with Crippen molar-refractivity contribution in [1.82, 2.24) is 51.7 Å². The number of benzene rings is 6. The topological polar surface area (TPSA) is 367 Å². The van der Waals surface area contributed by atoms with Gasteiger partial charge in [0.1, 0.15) is 79.0 Å². The van der Waals surface area contributed by atoms with Crippen molar-refractivity contribution in [1.29, 1.82) is 10.5 Å². The predicted molar refractivity (Wildman–Crippen MR) is 517 cm³/mol. The van der Waals surface area contributed by atoms with E-state index in [9.17, 15) is 54.0 Å². The number of nitriles is 2. The Kier molecular flexibility index (Phi) is 34.2. The summed E-state index contributed by atoms with van der Waals surface area (Å²) in [6.45, 7) is 36.1. The number of aryl methyl sites for hydroxylation is 2. The molecule has 31 heteroatoms. The van der Waals surface area contributed by atoms with Crippen LogP contribution in [0.4, 0.5) is 5.69 Å². The lowest BCUT2D eigenvalue weighted by atomic mass is 9.49. The first-order valence-electron chi connectivity index (χ1n) is 45.4. The second-order valence-corrected chi connectivity index (χ2v) is 42.2. The molecule has 8 amide bonds. The summed E-state index contributed by atoms with van der Waals surface area (Å²) in [5, 5.41) is 51.2. The van der Waals surface area contributed by atoms with Crippen molar-refractivity contribution in [2.45, 2.75) is 230 Å². The largest absolute Gasteiger partial charge is 0.494 e. The average molecular weight is 1890 g/mol. The Bertz CT molecular complexity index is 5470. The molecule has 2 aromatic heterocycles. The van der Waals surface area contributed by atoms with Crippen molar-refractivity contribution in [2.75, 3.05) is 58.0 Å². The van der Waals surface area contributed by atoms with Crippen LogP contribution in [0, 0.1) is 74.9 Å². The number of nitrogens with zero attached hydrogens (tertiary/aromatic N) is 6. The number of β-amino-alcohol motifs (C(OH)–C–C–N with tert-alkyl or cyclic N) is 1. The maximum Gasteiger partial charge on any atom is 0.251 e. The van der Waals surface area contributed by atoms with Crippen molar-refractivity contribution in [3.05, 3.63) is 199 Å². The van der Waals surface area contributed by atoms with Gasteiger partial charge in [0.15, 0.2) is 0 Å². The minimum atomic E-state index is -0.965. The van der Waals surface area contributed by atoms with Gasteiger partial charge in [-0.15, -0.1) is 22.7 Å². The van der Waals surface area contributed by atoms with Gasteiger partial charge >= 0.3 is 0 Å². The molecule has 4 fully saturated rings. The van der Waals surface area contributed by atoms with E-state index in [0.717, 1.165) is 74.9 Å². The van der Waals surface area contributed by atoms with Crippen LogP contribution in [-0.2, 0) is 51.3 Å². The van der Waals surface area contributed by atoms with Gasteiger partial charge in [-0.1, -0.05) is 176 Å². The summed E-state index contributed by atoms with van der Waals surface area (Å²) < 4.78 is 30.0. The molecule has 6 aromatic carbocycles. The Labute approximate surface area is 799 Å². The van der Waals surface area contributed by atoms with Crippen LogP contribution in [-0.4, -0.2) is 179 Å². The van der Waals surface area contributed by atoms with Crippen LogP contribution in [0.3, 0.4) is 0 Å². The van der Waals surface area contributed by atoms with Crippen LogP contribution >= 0.6 is 45.9 Å². The van der Waals surface area contributed by atoms with Gasteiger partial charge in [0.25, 0.3) is 11.8 Å². The second-order valence-electron chi connectivity index (χ2n) is 39.7. The van der Waals surface area contributed by atoms with E-state index in [2.05, 4.69) is 115 Å². The first-order chi connectivity index (χ1) is 62.9. The molecule has 8 aromatic rings. The summed E-state index contributed by atoms with van der Waals surface area (Å²) in [6, 6.07) is 40.8. The summed E-state index contributed by atoms with van der Waals surface area (Å²) in [6.07, 6.45) is 3.13. The molecular formula is C102H127Cl2N13O14S2. The molecule has 0 spiro atoms. The highest BCUT2D eigenvalue weighted by atomic mass is 35.5. The van der Waals surface area contributed by atoms with Gasteiger partial charge in [0.05, 0.1) is 66.0 Å². The molecule has 0 unspecified atom stereocenters. The standard InChI is InChI=1S/C52H66ClN7O6S.C50H61ClN6O8S/c1-32-25-41(46(63)56-28-34-13-15-35(16-14-34)43-33(2)57-31-67-43)60(29-32)47(64)44(50(3,4)5)58-42(61)30-65-24-12-10-11-23-55-38-20-17-36(18-21-38)45(62)59-48-51(6,7)49(52(48,8)9)66-39-22-19-37(27-54)40(53)26-39;1-30-41(66-29-54-30)32-13-11-31(12-14-32)26-53-44(61)39-23-35(58)27-57(39)45(62)42(48(2,3)4)55-40(59)28-63-21-9-10-22-64-36-18-15-33(16-19-36)43(60)56-46-49(5,6)47(50(46,7)8)65-37-20-17-34(25-52)38(51)24-37/h13-22,26,31-32,41,44,48-49,55H,10-12,23-25,28-30H2,1-9H3,(H,56,63)(H,58,61)(H,59,62);11-20,24,29,35,39,42,46-47,58H,9-10,21-23,26-28H2,1-8H3,(H,53,61)(H,55,59)(H,56,60)/t32-,41+,44-,48?,49?;35-,39+,42-,46?,47?/m11/s1. The number of halogens is 2. The number of rotatable bonds is 37. The Balaban J connectivity index is 0.000000256. The average Bonchev–Trinajstić information content (AvgIpc) is 0.859. The molecule has 2 aliphatic carbocycles. The van der Waals surface area contributed by atoms with Crippen molar-refractivity contribution >= 4 is 98.8 Å². The first-order valence-corrected chi connectivity index (χ1v) is 47.9. The molecule has 27 nitrogen and oxygen atoms in total. The number of carbonyl (C=O) groups is 8. The molecule has 0 radical (unpaired) electrons. The number of thiazole rings is 2. The molecule has 2 aliphatic heterocycles. The third-order valence-electron chi connectivity index (χ3n) is 25.5. The SMILES string of the molecule is Cc1ncsc1-c1ccc(CNC(=O)[C@@H]2C[C@@H](C)CN2C(=O)[C@@H](NC(=O)COCCCCCNc2ccc(C(=O)NC3C(C)(C)C(Oc4ccc(C#N)c(Cl)c4)C3(C)C)cc2)C(C)(C)C)cc1.Cc1ncsc1-c1ccc(CNC(=O)[C@@H]2C[C@@H](O)CN2C(=O)[C@@H](NC(=O)COCCCCOc2ccc(C(=O)NC3C(C)(C)C(Oc4ccc(C#N)c(Cl)c4)C3(C)C)cc2)C(C)(C)C)cc1. The van der Waals surface area contributed by atoms with Crippen molar-refractivity contribution in [3.63, 3.8) is 0 Å². The quantitative estimate of drug-likeness (QED) is 0.0168. The molecule has 8 N–H and O–H groups in total. The minimum absolute atomic E-state index is 0.0190. The van der Waals surface area contributed by atoms with Crippen molar-refractivity contribution < 1.29 is 67.1 Å². The van der Waals surface area contributed by atoms with E-state index in [0.29, 0.717) is 102 Å². The summed E-state index contributed by atoms with van der Waals surface area (Å²) in [4.78, 5) is 122. The maximum absolute atomic E-state index is 14.1. The zero-order valence-corrected chi connectivity index (χ0v) is 82.3. The number of carbonyl (C=O) groups excluding carboxylic acids is 8. The second kappa shape index (κ2) is 44.4. The van der Waals surface area contributed by atoms with E-state index in [4.69, 9.17) is 46.9 Å². The molecule has 4 heterocycles. The van der Waals surface area contributed by atoms with Crippen LogP contribution in [0.25, 0.3) is 20.9 Å². The fourth-order valence-corrected chi connectivity index (χ4v) is 20.9. The normalized spacial score (nSPS) is 20.0. The summed E-state index contributed by atoms with van der Waals surface area (Å²) in [5.74, 6) is -0.589. The fourth-order valence-electron chi connectivity index (χ4n) is 18.8. The van der Waals surface area contributed by atoms with Crippen LogP contribution < -0.4 is 51.4 Å². The summed E-state index contributed by atoms with van der Waals surface area (Å²) in [5.41, 5.74) is 9.47. The third-order valence-corrected chi connectivity index (χ3v) is 28.1. The number of hydrogen-bond donors (Lipinski definition) is 8. The lowest BCUT2D eigenvalue weighted by Gasteiger charge is -2.63. The Morgan fingerprint density at radius 1 is 0.526 bits per heavy atom. The van der Waals surface area contributed by atoms with Gasteiger partial charge in [0, 0.05) is 115 Å². The summed E-state index contributed by atoms with van der Waals surface area (Å²) in [7, 11) is 0. The number of ether oxygens (including phenoxy) is 5.